The molecule has 0 atom stereocenters. The second kappa shape index (κ2) is 5.96. The number of rotatable bonds is 3. The molecule has 0 bridgehead atoms. The molecule has 0 aliphatic carbocycles. The summed E-state index contributed by atoms with van der Waals surface area (Å²) in [7, 11) is 1.35. The molecule has 2 rings (SSSR count). The molecule has 0 aliphatic rings. The number of nitrogens with one attached hydrogen (secondary N) is 1. The van der Waals surface area contributed by atoms with Crippen molar-refractivity contribution in [2.45, 2.75) is 6.18 Å². The van der Waals surface area contributed by atoms with Crippen molar-refractivity contribution in [1.29, 1.82) is 0 Å². The molecular formula is C14H10ClF3N2O3. The van der Waals surface area contributed by atoms with Crippen LogP contribution in [0.4, 0.5) is 13.2 Å². The second-order valence-electron chi connectivity index (χ2n) is 4.51. The first kappa shape index (κ1) is 16.9. The standard InChI is InChI=1S/C14H10ClF3N2O3/c1-23-10-3-2-6(4-9(10)15)7-5-8(12(19)21)13(22)20-11(7)14(16,17)18/h2-5H,1H3,(H2,19,21)(H,20,22). The van der Waals surface area contributed by atoms with E-state index in [1.807, 2.05) is 0 Å². The summed E-state index contributed by atoms with van der Waals surface area (Å²) in [5.41, 5.74) is 1.54. The summed E-state index contributed by atoms with van der Waals surface area (Å²) in [6.45, 7) is 0. The molecule has 0 spiro atoms. The van der Waals surface area contributed by atoms with Crippen LogP contribution >= 0.6 is 11.6 Å². The lowest BCUT2D eigenvalue weighted by molar-refractivity contribution is -0.140. The molecule has 1 heterocycles. The molecule has 0 saturated carbocycles. The summed E-state index contributed by atoms with van der Waals surface area (Å²) >= 11 is 5.91. The van der Waals surface area contributed by atoms with Crippen molar-refractivity contribution in [1.82, 2.24) is 4.98 Å². The lowest BCUT2D eigenvalue weighted by Gasteiger charge is -2.14. The molecule has 3 N–H and O–H groups in total. The Kier molecular flexibility index (Phi) is 4.37. The predicted molar refractivity (Wildman–Crippen MR) is 77.6 cm³/mol. The van der Waals surface area contributed by atoms with Gasteiger partial charge < -0.3 is 15.5 Å². The fourth-order valence-corrected chi connectivity index (χ4v) is 2.26. The van der Waals surface area contributed by atoms with Crippen LogP contribution in [0, 0.1) is 0 Å². The van der Waals surface area contributed by atoms with Gasteiger partial charge in [-0.15, -0.1) is 0 Å². The van der Waals surface area contributed by atoms with Crippen LogP contribution in [0.15, 0.2) is 29.1 Å². The summed E-state index contributed by atoms with van der Waals surface area (Å²) in [6, 6.07) is 4.71. The number of primary amides is 1. The number of benzene rings is 1. The number of hydrogen-bond donors (Lipinski definition) is 2. The molecule has 23 heavy (non-hydrogen) atoms. The van der Waals surface area contributed by atoms with E-state index in [1.54, 1.807) is 4.98 Å². The number of aromatic amines is 1. The van der Waals surface area contributed by atoms with Crippen LogP contribution in [-0.2, 0) is 6.18 Å². The molecule has 1 aromatic carbocycles. The Morgan fingerprint density at radius 1 is 1.30 bits per heavy atom. The van der Waals surface area contributed by atoms with Crippen molar-refractivity contribution in [2.75, 3.05) is 7.11 Å². The van der Waals surface area contributed by atoms with E-state index in [0.717, 1.165) is 6.07 Å². The highest BCUT2D eigenvalue weighted by molar-refractivity contribution is 6.32. The van der Waals surface area contributed by atoms with Gasteiger partial charge in [-0.1, -0.05) is 17.7 Å². The number of carbonyl (C=O) groups is 1. The number of methoxy groups -OCH3 is 1. The number of carbonyl (C=O) groups excluding carboxylic acids is 1. The Labute approximate surface area is 132 Å². The quantitative estimate of drug-likeness (QED) is 0.896. The van der Waals surface area contributed by atoms with E-state index >= 15 is 0 Å². The maximum atomic E-state index is 13.1. The van der Waals surface area contributed by atoms with Crippen molar-refractivity contribution < 1.29 is 22.7 Å². The third kappa shape index (κ3) is 3.31. The van der Waals surface area contributed by atoms with Crippen LogP contribution in [0.1, 0.15) is 16.1 Å². The van der Waals surface area contributed by atoms with E-state index in [4.69, 9.17) is 22.1 Å². The van der Waals surface area contributed by atoms with E-state index in [1.165, 1.54) is 25.3 Å². The van der Waals surface area contributed by atoms with Crippen molar-refractivity contribution in [3.05, 3.63) is 50.9 Å². The maximum absolute atomic E-state index is 13.1. The highest BCUT2D eigenvalue weighted by atomic mass is 35.5. The van der Waals surface area contributed by atoms with Gasteiger partial charge in [0, 0.05) is 5.56 Å². The Bertz CT molecular complexity index is 831. The van der Waals surface area contributed by atoms with Crippen LogP contribution in [0.5, 0.6) is 5.75 Å². The van der Waals surface area contributed by atoms with Crippen molar-refractivity contribution in [2.24, 2.45) is 5.73 Å². The van der Waals surface area contributed by atoms with Gasteiger partial charge in [-0.05, 0) is 23.8 Å². The van der Waals surface area contributed by atoms with E-state index < -0.39 is 34.5 Å². The highest BCUT2D eigenvalue weighted by Crippen LogP contribution is 2.37. The number of alkyl halides is 3. The zero-order valence-corrected chi connectivity index (χ0v) is 12.4. The molecule has 1 aromatic heterocycles. The van der Waals surface area contributed by atoms with Crippen LogP contribution in [0.2, 0.25) is 5.02 Å². The lowest BCUT2D eigenvalue weighted by atomic mass is 10.0. The van der Waals surface area contributed by atoms with Gasteiger partial charge in [-0.25, -0.2) is 0 Å². The Morgan fingerprint density at radius 3 is 2.43 bits per heavy atom. The first-order chi connectivity index (χ1) is 10.6. The minimum absolute atomic E-state index is 0.0434. The number of halogens is 4. The number of nitrogens with two attached hydrogens (primary N) is 1. The third-order valence-electron chi connectivity index (χ3n) is 3.05. The van der Waals surface area contributed by atoms with Gasteiger partial charge >= 0.3 is 6.18 Å². The third-order valence-corrected chi connectivity index (χ3v) is 3.35. The lowest BCUT2D eigenvalue weighted by Crippen LogP contribution is -2.27. The van der Waals surface area contributed by atoms with E-state index in [0.29, 0.717) is 0 Å². The number of ether oxygens (including phenoxy) is 1. The van der Waals surface area contributed by atoms with Crippen LogP contribution in [0.25, 0.3) is 11.1 Å². The van der Waals surface area contributed by atoms with Crippen LogP contribution in [0.3, 0.4) is 0 Å². The molecule has 1 amide bonds. The molecule has 0 unspecified atom stereocenters. The first-order valence-corrected chi connectivity index (χ1v) is 6.51. The highest BCUT2D eigenvalue weighted by Gasteiger charge is 2.36. The first-order valence-electron chi connectivity index (χ1n) is 6.13. The molecule has 0 radical (unpaired) electrons. The monoisotopic (exact) mass is 346 g/mol. The average molecular weight is 347 g/mol. The molecule has 0 fully saturated rings. The summed E-state index contributed by atoms with van der Waals surface area (Å²) < 4.78 is 44.4. The SMILES string of the molecule is COc1ccc(-c2cc(C(N)=O)c(=O)[nH]c2C(F)(F)F)cc1Cl. The van der Waals surface area contributed by atoms with Gasteiger partial charge in [0.1, 0.15) is 17.0 Å². The van der Waals surface area contributed by atoms with Crippen molar-refractivity contribution in [3.63, 3.8) is 0 Å². The van der Waals surface area contributed by atoms with Gasteiger partial charge in [0.15, 0.2) is 0 Å². The Hall–Kier alpha value is -2.48. The van der Waals surface area contributed by atoms with Crippen LogP contribution < -0.4 is 16.0 Å². The molecular weight excluding hydrogens is 337 g/mol. The smallest absolute Gasteiger partial charge is 0.431 e. The van der Waals surface area contributed by atoms with Gasteiger partial charge in [-0.2, -0.15) is 13.2 Å². The number of hydrogen-bond acceptors (Lipinski definition) is 3. The average Bonchev–Trinajstić information content (AvgIpc) is 2.45. The fraction of sp³-hybridized carbons (Fsp3) is 0.143. The zero-order chi connectivity index (χ0) is 17.4. The number of amides is 1. The van der Waals surface area contributed by atoms with Gasteiger partial charge in [0.05, 0.1) is 12.1 Å². The largest absolute Gasteiger partial charge is 0.495 e. The zero-order valence-electron chi connectivity index (χ0n) is 11.6. The molecule has 5 nitrogen and oxygen atoms in total. The normalized spacial score (nSPS) is 11.3. The number of pyridine rings is 1. The Balaban J connectivity index is 2.78. The Morgan fingerprint density at radius 2 is 1.96 bits per heavy atom. The number of H-pyrrole nitrogens is 1. The molecule has 0 saturated heterocycles. The molecule has 2 aromatic rings. The summed E-state index contributed by atoms with van der Waals surface area (Å²) in [6.07, 6.45) is -4.84. The van der Waals surface area contributed by atoms with Gasteiger partial charge in [0.25, 0.3) is 11.5 Å². The molecule has 9 heteroatoms. The summed E-state index contributed by atoms with van der Waals surface area (Å²) in [4.78, 5) is 24.4. The van der Waals surface area contributed by atoms with Crippen molar-refractivity contribution >= 4 is 17.5 Å². The summed E-state index contributed by atoms with van der Waals surface area (Å²) in [5, 5.41) is 0.0740. The fourth-order valence-electron chi connectivity index (χ4n) is 2.00. The maximum Gasteiger partial charge on any atom is 0.431 e. The topological polar surface area (TPSA) is 85.2 Å². The molecule has 0 aliphatic heterocycles. The minimum Gasteiger partial charge on any atom is -0.495 e. The number of aromatic nitrogens is 1. The van der Waals surface area contributed by atoms with E-state index in [-0.39, 0.29) is 16.3 Å². The molecule has 122 valence electrons. The van der Waals surface area contributed by atoms with E-state index in [2.05, 4.69) is 0 Å². The van der Waals surface area contributed by atoms with E-state index in [9.17, 15) is 22.8 Å². The van der Waals surface area contributed by atoms with Gasteiger partial charge in [-0.3, -0.25) is 9.59 Å². The minimum atomic E-state index is -4.84. The van der Waals surface area contributed by atoms with Gasteiger partial charge in [0.2, 0.25) is 0 Å². The van der Waals surface area contributed by atoms with Crippen LogP contribution in [-0.4, -0.2) is 18.0 Å². The summed E-state index contributed by atoms with van der Waals surface area (Å²) in [5.74, 6) is -0.871. The second-order valence-corrected chi connectivity index (χ2v) is 4.92. The predicted octanol–water partition coefficient (Wildman–Crippen LogP) is 2.82. The van der Waals surface area contributed by atoms with Crippen molar-refractivity contribution in [3.8, 4) is 16.9 Å².